The van der Waals surface area contributed by atoms with Gasteiger partial charge in [-0.05, 0) is 24.2 Å². The van der Waals surface area contributed by atoms with Crippen molar-refractivity contribution in [3.05, 3.63) is 0 Å². The van der Waals surface area contributed by atoms with E-state index in [2.05, 4.69) is 33.0 Å². The average molecular weight is 270 g/mol. The number of carbonyl (C=O) groups is 2. The molecule has 0 aromatic carbocycles. The first-order valence-electron chi connectivity index (χ1n) is 7.08. The van der Waals surface area contributed by atoms with Gasteiger partial charge in [0.1, 0.15) is 0 Å². The molecule has 2 amide bonds. The highest BCUT2D eigenvalue weighted by molar-refractivity contribution is 5.77. The van der Waals surface area contributed by atoms with Crippen molar-refractivity contribution in [1.82, 2.24) is 10.2 Å². The monoisotopic (exact) mass is 270 g/mol. The van der Waals surface area contributed by atoms with Crippen LogP contribution in [0.25, 0.3) is 0 Å². The minimum atomic E-state index is -0.808. The molecule has 1 unspecified atom stereocenters. The van der Waals surface area contributed by atoms with Gasteiger partial charge in [-0.25, -0.2) is 4.79 Å². The van der Waals surface area contributed by atoms with Crippen LogP contribution in [0, 0.1) is 23.7 Å². The Labute approximate surface area is 115 Å². The minimum Gasteiger partial charge on any atom is -0.481 e. The summed E-state index contributed by atoms with van der Waals surface area (Å²) in [4.78, 5) is 24.4. The number of nitrogens with zero attached hydrogens (tertiary/aromatic N) is 1. The Balaban J connectivity index is 2.41. The van der Waals surface area contributed by atoms with Crippen molar-refractivity contribution in [2.75, 3.05) is 19.6 Å². The zero-order valence-electron chi connectivity index (χ0n) is 12.3. The smallest absolute Gasteiger partial charge is 0.317 e. The molecular formula is C14H26N2O3. The summed E-state index contributed by atoms with van der Waals surface area (Å²) in [6.45, 7) is 10.2. The van der Waals surface area contributed by atoms with E-state index < -0.39 is 11.9 Å². The number of amides is 2. The van der Waals surface area contributed by atoms with Gasteiger partial charge in [0.15, 0.2) is 0 Å². The number of nitrogens with one attached hydrogen (secondary N) is 1. The van der Waals surface area contributed by atoms with Gasteiger partial charge in [0.05, 0.1) is 5.92 Å². The predicted molar refractivity (Wildman–Crippen MR) is 73.9 cm³/mol. The molecule has 1 aliphatic heterocycles. The summed E-state index contributed by atoms with van der Waals surface area (Å²) in [5.41, 5.74) is 0. The van der Waals surface area contributed by atoms with E-state index in [1.54, 1.807) is 4.90 Å². The third-order valence-corrected chi connectivity index (χ3v) is 4.03. The highest BCUT2D eigenvalue weighted by Gasteiger charge is 2.31. The zero-order valence-corrected chi connectivity index (χ0v) is 12.3. The van der Waals surface area contributed by atoms with Crippen LogP contribution in [0.4, 0.5) is 4.79 Å². The lowest BCUT2D eigenvalue weighted by Crippen LogP contribution is -2.42. The van der Waals surface area contributed by atoms with Gasteiger partial charge in [0.2, 0.25) is 0 Å². The molecule has 5 heteroatoms. The average Bonchev–Trinajstić information content (AvgIpc) is 2.77. The molecule has 1 aliphatic rings. The van der Waals surface area contributed by atoms with E-state index in [1.165, 1.54) is 0 Å². The van der Waals surface area contributed by atoms with E-state index in [4.69, 9.17) is 5.11 Å². The zero-order chi connectivity index (χ0) is 14.6. The van der Waals surface area contributed by atoms with Gasteiger partial charge in [-0.2, -0.15) is 0 Å². The number of urea groups is 1. The van der Waals surface area contributed by atoms with Gasteiger partial charge in [-0.15, -0.1) is 0 Å². The maximum absolute atomic E-state index is 12.0. The topological polar surface area (TPSA) is 69.6 Å². The molecule has 0 bridgehead atoms. The number of carboxylic acids is 1. The first-order chi connectivity index (χ1) is 8.82. The Kier molecular flexibility index (Phi) is 5.63. The molecule has 0 aliphatic carbocycles. The van der Waals surface area contributed by atoms with Crippen LogP contribution in [0.1, 0.15) is 34.1 Å². The van der Waals surface area contributed by atoms with Gasteiger partial charge in [0.25, 0.3) is 0 Å². The number of hydrogen-bond donors (Lipinski definition) is 2. The molecule has 1 heterocycles. The molecule has 1 saturated heterocycles. The maximum Gasteiger partial charge on any atom is 0.317 e. The molecule has 1 atom stereocenters. The summed E-state index contributed by atoms with van der Waals surface area (Å²) in [5, 5.41) is 11.9. The van der Waals surface area contributed by atoms with Gasteiger partial charge in [0, 0.05) is 19.6 Å². The fourth-order valence-electron chi connectivity index (χ4n) is 2.70. The quantitative estimate of drug-likeness (QED) is 0.803. The first kappa shape index (κ1) is 15.8. The lowest BCUT2D eigenvalue weighted by molar-refractivity contribution is -0.141. The molecule has 0 spiro atoms. The van der Waals surface area contributed by atoms with E-state index >= 15 is 0 Å². The minimum absolute atomic E-state index is 0.130. The Hall–Kier alpha value is -1.26. The van der Waals surface area contributed by atoms with Crippen LogP contribution in [0.2, 0.25) is 0 Å². The maximum atomic E-state index is 12.0. The second kappa shape index (κ2) is 6.78. The SMILES string of the molecule is CC(C)C(CNC(=O)N1CCC(C(=O)O)C1)C(C)C. The summed E-state index contributed by atoms with van der Waals surface area (Å²) >= 11 is 0. The summed E-state index contributed by atoms with van der Waals surface area (Å²) < 4.78 is 0. The van der Waals surface area contributed by atoms with E-state index in [-0.39, 0.29) is 6.03 Å². The summed E-state index contributed by atoms with van der Waals surface area (Å²) in [7, 11) is 0. The number of likely N-dealkylation sites (tertiary alicyclic amines) is 1. The largest absolute Gasteiger partial charge is 0.481 e. The van der Waals surface area contributed by atoms with Crippen molar-refractivity contribution in [2.45, 2.75) is 34.1 Å². The van der Waals surface area contributed by atoms with Crippen molar-refractivity contribution >= 4 is 12.0 Å². The normalized spacial score (nSPS) is 19.5. The fourth-order valence-corrected chi connectivity index (χ4v) is 2.70. The lowest BCUT2D eigenvalue weighted by Gasteiger charge is -2.26. The summed E-state index contributed by atoms with van der Waals surface area (Å²) in [5.74, 6) is 0.271. The van der Waals surface area contributed by atoms with Crippen LogP contribution in [0.5, 0.6) is 0 Å². The molecule has 19 heavy (non-hydrogen) atoms. The highest BCUT2D eigenvalue weighted by Crippen LogP contribution is 2.20. The predicted octanol–water partition coefficient (Wildman–Crippen LogP) is 2.03. The molecule has 5 nitrogen and oxygen atoms in total. The molecule has 0 aromatic heterocycles. The van der Waals surface area contributed by atoms with Crippen LogP contribution in [-0.4, -0.2) is 41.6 Å². The van der Waals surface area contributed by atoms with E-state index in [0.717, 1.165) is 0 Å². The Morgan fingerprint density at radius 3 is 2.26 bits per heavy atom. The third-order valence-electron chi connectivity index (χ3n) is 4.03. The van der Waals surface area contributed by atoms with E-state index in [9.17, 15) is 9.59 Å². The Morgan fingerprint density at radius 1 is 1.26 bits per heavy atom. The van der Waals surface area contributed by atoms with Crippen molar-refractivity contribution < 1.29 is 14.7 Å². The molecule has 1 fully saturated rings. The second-order valence-corrected chi connectivity index (χ2v) is 6.11. The Bertz CT molecular complexity index is 321. The van der Waals surface area contributed by atoms with Crippen LogP contribution in [-0.2, 0) is 4.79 Å². The van der Waals surface area contributed by atoms with Crippen LogP contribution in [0.3, 0.4) is 0 Å². The molecule has 0 aromatic rings. The molecule has 1 rings (SSSR count). The van der Waals surface area contributed by atoms with Crippen molar-refractivity contribution in [3.63, 3.8) is 0 Å². The van der Waals surface area contributed by atoms with Crippen LogP contribution < -0.4 is 5.32 Å². The lowest BCUT2D eigenvalue weighted by atomic mass is 9.85. The van der Waals surface area contributed by atoms with E-state index in [1.807, 2.05) is 0 Å². The summed E-state index contributed by atoms with van der Waals surface area (Å²) in [6, 6.07) is -0.130. The number of carboxylic acid groups (broad SMARTS) is 1. The van der Waals surface area contributed by atoms with Gasteiger partial charge in [-0.3, -0.25) is 4.79 Å². The number of rotatable bonds is 5. The molecule has 2 N–H and O–H groups in total. The van der Waals surface area contributed by atoms with Crippen molar-refractivity contribution in [3.8, 4) is 0 Å². The van der Waals surface area contributed by atoms with E-state index in [0.29, 0.717) is 43.8 Å². The molecule has 0 radical (unpaired) electrons. The number of hydrogen-bond acceptors (Lipinski definition) is 2. The fraction of sp³-hybridized carbons (Fsp3) is 0.857. The molecule has 0 saturated carbocycles. The second-order valence-electron chi connectivity index (χ2n) is 6.11. The third kappa shape index (κ3) is 4.40. The standard InChI is InChI=1S/C14H26N2O3/c1-9(2)12(10(3)4)7-15-14(19)16-6-5-11(8-16)13(17)18/h9-12H,5-8H2,1-4H3,(H,15,19)(H,17,18). The number of aliphatic carboxylic acids is 1. The highest BCUT2D eigenvalue weighted by atomic mass is 16.4. The van der Waals surface area contributed by atoms with Gasteiger partial charge in [-0.1, -0.05) is 27.7 Å². The van der Waals surface area contributed by atoms with Gasteiger partial charge < -0.3 is 15.3 Å². The van der Waals surface area contributed by atoms with Crippen LogP contribution in [0.15, 0.2) is 0 Å². The van der Waals surface area contributed by atoms with Crippen LogP contribution >= 0.6 is 0 Å². The number of carbonyl (C=O) groups excluding carboxylic acids is 1. The molecule has 110 valence electrons. The molecular weight excluding hydrogens is 244 g/mol. The van der Waals surface area contributed by atoms with Crippen molar-refractivity contribution in [2.24, 2.45) is 23.7 Å². The van der Waals surface area contributed by atoms with Crippen molar-refractivity contribution in [1.29, 1.82) is 0 Å². The summed E-state index contributed by atoms with van der Waals surface area (Å²) in [6.07, 6.45) is 0.556. The first-order valence-corrected chi connectivity index (χ1v) is 7.08. The van der Waals surface area contributed by atoms with Gasteiger partial charge >= 0.3 is 12.0 Å². The Morgan fingerprint density at radius 2 is 1.84 bits per heavy atom.